The van der Waals surface area contributed by atoms with Crippen LogP contribution in [0.4, 0.5) is 0 Å². The first-order valence-corrected chi connectivity index (χ1v) is 8.19. The highest BCUT2D eigenvalue weighted by molar-refractivity contribution is 9.11. The lowest BCUT2D eigenvalue weighted by molar-refractivity contribution is -0.144. The molecule has 0 fully saturated rings. The van der Waals surface area contributed by atoms with Crippen LogP contribution in [0.3, 0.4) is 0 Å². The highest BCUT2D eigenvalue weighted by atomic mass is 79.9. The van der Waals surface area contributed by atoms with E-state index >= 15 is 0 Å². The Morgan fingerprint density at radius 3 is 3.06 bits per heavy atom. The molecule has 0 bridgehead atoms. The minimum Gasteiger partial charge on any atom is -0.465 e. The summed E-state index contributed by atoms with van der Waals surface area (Å²) in [5.74, 6) is 1.52. The second-order valence-corrected chi connectivity index (χ2v) is 6.85. The average molecular weight is 338 g/mol. The van der Waals surface area contributed by atoms with Crippen molar-refractivity contribution in [3.63, 3.8) is 0 Å². The largest absolute Gasteiger partial charge is 0.465 e. The van der Waals surface area contributed by atoms with Crippen molar-refractivity contribution in [2.24, 2.45) is 5.73 Å². The fourth-order valence-electron chi connectivity index (χ4n) is 1.19. The van der Waals surface area contributed by atoms with Crippen LogP contribution >= 0.6 is 39.0 Å². The van der Waals surface area contributed by atoms with Gasteiger partial charge in [0, 0.05) is 5.75 Å². The lowest BCUT2D eigenvalue weighted by Crippen LogP contribution is -2.32. The highest BCUT2D eigenvalue weighted by Gasteiger charge is 2.13. The molecule has 1 atom stereocenters. The summed E-state index contributed by atoms with van der Waals surface area (Å²) in [6.07, 6.45) is 0.662. The van der Waals surface area contributed by atoms with E-state index in [-0.39, 0.29) is 5.97 Å². The number of hydrogen-bond acceptors (Lipinski definition) is 5. The van der Waals surface area contributed by atoms with E-state index in [9.17, 15) is 4.79 Å². The van der Waals surface area contributed by atoms with E-state index in [1.165, 1.54) is 5.56 Å². The van der Waals surface area contributed by atoms with Gasteiger partial charge in [-0.05, 0) is 52.0 Å². The molecule has 0 aliphatic rings. The highest BCUT2D eigenvalue weighted by Crippen LogP contribution is 2.24. The molecule has 2 N–H and O–H groups in total. The van der Waals surface area contributed by atoms with Gasteiger partial charge in [0.2, 0.25) is 0 Å². The molecule has 0 amide bonds. The van der Waals surface area contributed by atoms with Crippen LogP contribution in [0, 0.1) is 0 Å². The predicted molar refractivity (Wildman–Crippen MR) is 77.4 cm³/mol. The number of carbonyl (C=O) groups is 1. The van der Waals surface area contributed by atoms with Crippen LogP contribution < -0.4 is 5.73 Å². The van der Waals surface area contributed by atoms with Gasteiger partial charge in [-0.1, -0.05) is 0 Å². The number of esters is 1. The van der Waals surface area contributed by atoms with Crippen LogP contribution in [0.5, 0.6) is 0 Å². The Kier molecular flexibility index (Phi) is 7.18. The van der Waals surface area contributed by atoms with Crippen LogP contribution in [0.1, 0.15) is 18.9 Å². The zero-order chi connectivity index (χ0) is 12.7. The normalized spacial score (nSPS) is 12.4. The summed E-state index contributed by atoms with van der Waals surface area (Å²) in [6.45, 7) is 2.18. The Morgan fingerprint density at radius 2 is 2.47 bits per heavy atom. The summed E-state index contributed by atoms with van der Waals surface area (Å²) in [7, 11) is 0. The first kappa shape index (κ1) is 15.0. The summed E-state index contributed by atoms with van der Waals surface area (Å²) >= 11 is 6.90. The topological polar surface area (TPSA) is 52.3 Å². The molecule has 0 aliphatic heterocycles. The predicted octanol–water partition coefficient (Wildman–Crippen LogP) is 3.02. The first-order chi connectivity index (χ1) is 8.13. The Bertz CT molecular complexity index is 357. The standard InChI is InChI=1S/C11H16BrNO2S2/c1-2-15-11(14)9(13)3-4-16-6-8-5-10(12)17-7-8/h5,7,9H,2-4,6,13H2,1H3. The molecule has 17 heavy (non-hydrogen) atoms. The fourth-order valence-corrected chi connectivity index (χ4v) is 3.47. The molecular weight excluding hydrogens is 322 g/mol. The zero-order valence-electron chi connectivity index (χ0n) is 9.65. The van der Waals surface area contributed by atoms with Gasteiger partial charge in [0.15, 0.2) is 0 Å². The third-order valence-electron chi connectivity index (χ3n) is 2.05. The average Bonchev–Trinajstić information content (AvgIpc) is 2.70. The van der Waals surface area contributed by atoms with Gasteiger partial charge in [-0.2, -0.15) is 11.8 Å². The maximum absolute atomic E-state index is 11.2. The van der Waals surface area contributed by atoms with E-state index in [1.807, 2.05) is 0 Å². The van der Waals surface area contributed by atoms with Gasteiger partial charge in [0.05, 0.1) is 10.4 Å². The number of ether oxygens (including phenoxy) is 1. The minimum atomic E-state index is -0.489. The minimum absolute atomic E-state index is 0.300. The van der Waals surface area contributed by atoms with Crippen molar-refractivity contribution < 1.29 is 9.53 Å². The third-order valence-corrected chi connectivity index (χ3v) is 4.67. The lowest BCUT2D eigenvalue weighted by atomic mass is 10.2. The van der Waals surface area contributed by atoms with Crippen LogP contribution in [0.15, 0.2) is 15.2 Å². The zero-order valence-corrected chi connectivity index (χ0v) is 12.9. The van der Waals surface area contributed by atoms with Crippen molar-refractivity contribution >= 4 is 45.0 Å². The van der Waals surface area contributed by atoms with E-state index in [0.717, 1.165) is 15.3 Å². The molecule has 96 valence electrons. The monoisotopic (exact) mass is 337 g/mol. The van der Waals surface area contributed by atoms with Crippen molar-refractivity contribution in [1.82, 2.24) is 0 Å². The van der Waals surface area contributed by atoms with Gasteiger partial charge in [-0.15, -0.1) is 11.3 Å². The van der Waals surface area contributed by atoms with E-state index in [0.29, 0.717) is 13.0 Å². The molecule has 1 aromatic rings. The van der Waals surface area contributed by atoms with E-state index in [1.54, 1.807) is 30.0 Å². The summed E-state index contributed by atoms with van der Waals surface area (Å²) < 4.78 is 5.99. The number of thioether (sulfide) groups is 1. The van der Waals surface area contributed by atoms with Gasteiger partial charge >= 0.3 is 5.97 Å². The molecule has 0 saturated carbocycles. The van der Waals surface area contributed by atoms with Gasteiger partial charge in [-0.25, -0.2) is 0 Å². The van der Waals surface area contributed by atoms with Gasteiger partial charge in [-0.3, -0.25) is 4.79 Å². The molecule has 0 aromatic carbocycles. The van der Waals surface area contributed by atoms with E-state index < -0.39 is 6.04 Å². The summed E-state index contributed by atoms with van der Waals surface area (Å²) in [6, 6.07) is 1.62. The quantitative estimate of drug-likeness (QED) is 0.613. The number of carbonyl (C=O) groups excluding carboxylic acids is 1. The van der Waals surface area contributed by atoms with Crippen LogP contribution in [-0.4, -0.2) is 24.4 Å². The Labute approximate surface area is 118 Å². The summed E-state index contributed by atoms with van der Waals surface area (Å²) in [5.41, 5.74) is 7.00. The van der Waals surface area contributed by atoms with Crippen molar-refractivity contribution in [1.29, 1.82) is 0 Å². The van der Waals surface area contributed by atoms with Crippen molar-refractivity contribution in [3.05, 3.63) is 20.8 Å². The second-order valence-electron chi connectivity index (χ2n) is 3.46. The Morgan fingerprint density at radius 1 is 1.71 bits per heavy atom. The molecule has 1 rings (SSSR count). The maximum Gasteiger partial charge on any atom is 0.322 e. The molecule has 1 unspecified atom stereocenters. The maximum atomic E-state index is 11.2. The molecule has 0 spiro atoms. The lowest BCUT2D eigenvalue weighted by Gasteiger charge is -2.09. The Balaban J connectivity index is 2.13. The third kappa shape index (κ3) is 5.90. The molecule has 0 aliphatic carbocycles. The van der Waals surface area contributed by atoms with Gasteiger partial charge in [0.1, 0.15) is 6.04 Å². The van der Waals surface area contributed by atoms with Gasteiger partial charge < -0.3 is 10.5 Å². The van der Waals surface area contributed by atoms with Crippen molar-refractivity contribution in [2.45, 2.75) is 25.1 Å². The summed E-state index contributed by atoms with van der Waals surface area (Å²) in [4.78, 5) is 11.2. The molecule has 6 heteroatoms. The number of rotatable bonds is 7. The molecule has 3 nitrogen and oxygen atoms in total. The summed E-state index contributed by atoms with van der Waals surface area (Å²) in [5, 5.41) is 2.13. The van der Waals surface area contributed by atoms with Gasteiger partial charge in [0.25, 0.3) is 0 Å². The smallest absolute Gasteiger partial charge is 0.322 e. The first-order valence-electron chi connectivity index (χ1n) is 5.36. The van der Waals surface area contributed by atoms with Crippen LogP contribution in [0.2, 0.25) is 0 Å². The molecular formula is C11H16BrNO2S2. The Hall–Kier alpha value is -0.0400. The van der Waals surface area contributed by atoms with Crippen LogP contribution in [0.25, 0.3) is 0 Å². The molecule has 1 heterocycles. The van der Waals surface area contributed by atoms with E-state index in [2.05, 4.69) is 27.4 Å². The van der Waals surface area contributed by atoms with Crippen LogP contribution in [-0.2, 0) is 15.3 Å². The molecule has 0 saturated heterocycles. The number of hydrogen-bond donors (Lipinski definition) is 1. The number of halogens is 1. The molecule has 0 radical (unpaired) electrons. The second kappa shape index (κ2) is 8.13. The molecule has 1 aromatic heterocycles. The number of nitrogens with two attached hydrogens (primary N) is 1. The van der Waals surface area contributed by atoms with Crippen molar-refractivity contribution in [2.75, 3.05) is 12.4 Å². The van der Waals surface area contributed by atoms with Crippen molar-refractivity contribution in [3.8, 4) is 0 Å². The number of thiophene rings is 1. The fraction of sp³-hybridized carbons (Fsp3) is 0.545. The van der Waals surface area contributed by atoms with E-state index in [4.69, 9.17) is 10.5 Å². The SMILES string of the molecule is CCOC(=O)C(N)CCSCc1csc(Br)c1.